The van der Waals surface area contributed by atoms with Gasteiger partial charge in [-0.1, -0.05) is 18.2 Å². The number of fused-ring (bicyclic) bond motifs is 2. The number of ketones is 2. The number of Topliss-reactive ketones (excluding diaryl/α,β-unsaturated/α-hetero) is 2. The molecule has 0 amide bonds. The van der Waals surface area contributed by atoms with Gasteiger partial charge >= 0.3 is 5.97 Å². The first-order valence-corrected chi connectivity index (χ1v) is 9.35. The predicted molar refractivity (Wildman–Crippen MR) is 83.4 cm³/mol. The van der Waals surface area contributed by atoms with Crippen molar-refractivity contribution in [2.24, 2.45) is 5.92 Å². The third-order valence-electron chi connectivity index (χ3n) is 3.79. The van der Waals surface area contributed by atoms with Crippen molar-refractivity contribution in [1.29, 1.82) is 0 Å². The second kappa shape index (κ2) is 5.61. The van der Waals surface area contributed by atoms with E-state index < -0.39 is 39.0 Å². The van der Waals surface area contributed by atoms with E-state index in [9.17, 15) is 22.8 Å². The molecular formula is C15H12O6S2. The molecule has 8 heteroatoms. The standard InChI is InChI=1S/C15H12O6S2/c1-21-15(18)13(17)9-6-22-14-8-4-2-3-5-11(8)23(19,20)7-10(14)12(9)16/h2-5,9H,6-7H2,1H3/t9-/m0/s1. The number of methoxy groups -OCH3 is 1. The summed E-state index contributed by atoms with van der Waals surface area (Å²) in [5, 5.41) is 0. The molecule has 0 unspecified atom stereocenters. The fourth-order valence-corrected chi connectivity index (χ4v) is 5.75. The van der Waals surface area contributed by atoms with Gasteiger partial charge in [-0.3, -0.25) is 9.59 Å². The van der Waals surface area contributed by atoms with Crippen LogP contribution in [-0.4, -0.2) is 44.6 Å². The number of rotatable bonds is 2. The van der Waals surface area contributed by atoms with Gasteiger partial charge in [-0.05, 0) is 6.07 Å². The van der Waals surface area contributed by atoms with Gasteiger partial charge in [-0.15, -0.1) is 11.8 Å². The van der Waals surface area contributed by atoms with Gasteiger partial charge in [0, 0.05) is 21.8 Å². The third kappa shape index (κ3) is 2.51. The number of hydrogen-bond donors (Lipinski definition) is 0. The van der Waals surface area contributed by atoms with Crippen LogP contribution in [0.1, 0.15) is 5.56 Å². The van der Waals surface area contributed by atoms with E-state index in [2.05, 4.69) is 4.74 Å². The van der Waals surface area contributed by atoms with Gasteiger partial charge in [0.2, 0.25) is 0 Å². The van der Waals surface area contributed by atoms with Gasteiger partial charge in [-0.25, -0.2) is 13.2 Å². The first kappa shape index (κ1) is 15.9. The summed E-state index contributed by atoms with van der Waals surface area (Å²) in [4.78, 5) is 36.6. The average molecular weight is 352 g/mol. The van der Waals surface area contributed by atoms with E-state index in [0.717, 1.165) is 7.11 Å². The molecular weight excluding hydrogens is 340 g/mol. The van der Waals surface area contributed by atoms with E-state index >= 15 is 0 Å². The summed E-state index contributed by atoms with van der Waals surface area (Å²) in [5.41, 5.74) is 0.568. The molecule has 0 aliphatic carbocycles. The van der Waals surface area contributed by atoms with Gasteiger partial charge in [0.15, 0.2) is 15.6 Å². The molecule has 0 spiro atoms. The zero-order chi connectivity index (χ0) is 16.8. The van der Waals surface area contributed by atoms with E-state index in [-0.39, 0.29) is 16.2 Å². The van der Waals surface area contributed by atoms with Gasteiger partial charge < -0.3 is 4.74 Å². The second-order valence-corrected chi connectivity index (χ2v) is 8.13. The molecule has 0 bridgehead atoms. The van der Waals surface area contributed by atoms with E-state index in [1.54, 1.807) is 18.2 Å². The molecule has 2 aliphatic rings. The normalized spacial score (nSPS) is 22.1. The van der Waals surface area contributed by atoms with Crippen LogP contribution in [0.4, 0.5) is 0 Å². The molecule has 0 radical (unpaired) electrons. The van der Waals surface area contributed by atoms with Crippen molar-refractivity contribution >= 4 is 44.0 Å². The third-order valence-corrected chi connectivity index (χ3v) is 6.74. The average Bonchev–Trinajstić information content (AvgIpc) is 2.54. The summed E-state index contributed by atoms with van der Waals surface area (Å²) in [6.45, 7) is 0. The van der Waals surface area contributed by atoms with E-state index in [1.165, 1.54) is 17.8 Å². The van der Waals surface area contributed by atoms with Crippen molar-refractivity contribution in [3.63, 3.8) is 0 Å². The molecule has 0 saturated carbocycles. The first-order valence-electron chi connectivity index (χ1n) is 6.71. The topological polar surface area (TPSA) is 94.6 Å². The molecule has 0 fully saturated rings. The highest BCUT2D eigenvalue weighted by atomic mass is 32.2. The Morgan fingerprint density at radius 2 is 1.96 bits per heavy atom. The monoisotopic (exact) mass is 352 g/mol. The zero-order valence-electron chi connectivity index (χ0n) is 12.1. The SMILES string of the molecule is COC(=O)C(=O)[C@H]1CSC2=C(CS(=O)(=O)c3ccccc32)C1=O. The summed E-state index contributed by atoms with van der Waals surface area (Å²) in [6.07, 6.45) is 0. The molecule has 23 heavy (non-hydrogen) atoms. The quantitative estimate of drug-likeness (QED) is 0.442. The van der Waals surface area contributed by atoms with Crippen LogP contribution < -0.4 is 0 Å². The highest BCUT2D eigenvalue weighted by molar-refractivity contribution is 8.08. The van der Waals surface area contributed by atoms with Crippen molar-refractivity contribution in [2.75, 3.05) is 18.6 Å². The second-order valence-electron chi connectivity index (χ2n) is 5.15. The first-order chi connectivity index (χ1) is 10.9. The Morgan fingerprint density at radius 3 is 2.65 bits per heavy atom. The highest BCUT2D eigenvalue weighted by Crippen LogP contribution is 2.44. The molecule has 0 aromatic heterocycles. The van der Waals surface area contributed by atoms with Crippen molar-refractivity contribution in [3.8, 4) is 0 Å². The molecule has 3 rings (SSSR count). The number of thioether (sulfide) groups is 1. The largest absolute Gasteiger partial charge is 0.463 e. The minimum Gasteiger partial charge on any atom is -0.463 e. The van der Waals surface area contributed by atoms with Crippen molar-refractivity contribution in [2.45, 2.75) is 4.90 Å². The van der Waals surface area contributed by atoms with Gasteiger partial charge in [0.25, 0.3) is 5.78 Å². The predicted octanol–water partition coefficient (Wildman–Crippen LogP) is 0.859. The summed E-state index contributed by atoms with van der Waals surface area (Å²) in [7, 11) is -2.58. The van der Waals surface area contributed by atoms with Crippen LogP contribution >= 0.6 is 11.8 Å². The molecule has 1 atom stereocenters. The Morgan fingerprint density at radius 1 is 1.26 bits per heavy atom. The molecule has 1 aromatic rings. The number of carbonyl (C=O) groups excluding carboxylic acids is 3. The van der Waals surface area contributed by atoms with Crippen LogP contribution in [0.5, 0.6) is 0 Å². The minimum absolute atomic E-state index is 0.0854. The summed E-state index contributed by atoms with van der Waals surface area (Å²) < 4.78 is 29.1. The van der Waals surface area contributed by atoms with Gasteiger partial charge in [0.1, 0.15) is 5.92 Å². The minimum atomic E-state index is -3.64. The van der Waals surface area contributed by atoms with Crippen LogP contribution in [0.2, 0.25) is 0 Å². The van der Waals surface area contributed by atoms with Crippen molar-refractivity contribution in [1.82, 2.24) is 0 Å². The van der Waals surface area contributed by atoms with Crippen molar-refractivity contribution < 1.29 is 27.5 Å². The summed E-state index contributed by atoms with van der Waals surface area (Å²) in [6, 6.07) is 6.47. The molecule has 6 nitrogen and oxygen atoms in total. The number of hydrogen-bond acceptors (Lipinski definition) is 7. The Labute approximate surface area is 136 Å². The maximum absolute atomic E-state index is 12.6. The van der Waals surface area contributed by atoms with Crippen LogP contribution in [0.3, 0.4) is 0 Å². The van der Waals surface area contributed by atoms with Crippen molar-refractivity contribution in [3.05, 3.63) is 35.4 Å². The Kier molecular flexibility index (Phi) is 3.89. The highest BCUT2D eigenvalue weighted by Gasteiger charge is 2.43. The summed E-state index contributed by atoms with van der Waals surface area (Å²) >= 11 is 1.22. The number of ether oxygens (including phenoxy) is 1. The van der Waals surface area contributed by atoms with E-state index in [4.69, 9.17) is 0 Å². The maximum atomic E-state index is 12.6. The lowest BCUT2D eigenvalue weighted by molar-refractivity contribution is -0.154. The molecule has 0 saturated heterocycles. The molecule has 2 aliphatic heterocycles. The number of benzene rings is 1. The van der Waals surface area contributed by atoms with E-state index in [0.29, 0.717) is 10.5 Å². The lowest BCUT2D eigenvalue weighted by atomic mass is 9.93. The maximum Gasteiger partial charge on any atom is 0.375 e. The fourth-order valence-electron chi connectivity index (χ4n) is 2.66. The van der Waals surface area contributed by atoms with E-state index in [1.807, 2.05) is 0 Å². The Hall–Kier alpha value is -1.93. The van der Waals surface area contributed by atoms with Gasteiger partial charge in [-0.2, -0.15) is 0 Å². The van der Waals surface area contributed by atoms with Crippen LogP contribution in [-0.2, 0) is 29.0 Å². The summed E-state index contributed by atoms with van der Waals surface area (Å²) in [5.74, 6) is -4.17. The van der Waals surface area contributed by atoms with Crippen LogP contribution in [0, 0.1) is 5.92 Å². The van der Waals surface area contributed by atoms with Crippen LogP contribution in [0.15, 0.2) is 34.7 Å². The zero-order valence-corrected chi connectivity index (χ0v) is 13.7. The molecule has 2 heterocycles. The Balaban J connectivity index is 2.08. The lowest BCUT2D eigenvalue weighted by Gasteiger charge is -2.28. The molecule has 1 aromatic carbocycles. The molecule has 0 N–H and O–H groups in total. The van der Waals surface area contributed by atoms with Gasteiger partial charge in [0.05, 0.1) is 17.8 Å². The fraction of sp³-hybridized carbons (Fsp3) is 0.267. The number of carbonyl (C=O) groups is 3. The number of sulfone groups is 1. The lowest BCUT2D eigenvalue weighted by Crippen LogP contribution is -2.38. The number of esters is 1. The smallest absolute Gasteiger partial charge is 0.375 e. The van der Waals surface area contributed by atoms with Crippen LogP contribution in [0.25, 0.3) is 4.91 Å². The Bertz CT molecular complexity index is 866. The molecule has 120 valence electrons.